The van der Waals surface area contributed by atoms with Gasteiger partial charge in [0.05, 0.1) is 53.8 Å². The van der Waals surface area contributed by atoms with Crippen molar-refractivity contribution in [1.82, 2.24) is 45.8 Å². The van der Waals surface area contributed by atoms with E-state index in [4.69, 9.17) is 14.7 Å². The highest BCUT2D eigenvalue weighted by atomic mass is 16.5. The number of amides is 3. The van der Waals surface area contributed by atoms with Gasteiger partial charge >= 0.3 is 6.09 Å². The Balaban J connectivity index is 1.03. The summed E-state index contributed by atoms with van der Waals surface area (Å²) in [5.41, 5.74) is 6.44. The maximum atomic E-state index is 14.0. The van der Waals surface area contributed by atoms with E-state index < -0.39 is 12.1 Å². The van der Waals surface area contributed by atoms with Gasteiger partial charge in [-0.1, -0.05) is 37.5 Å². The molecule has 53 heavy (non-hydrogen) atoms. The van der Waals surface area contributed by atoms with Crippen LogP contribution in [0.2, 0.25) is 0 Å². The number of carbonyl (C=O) groups excluding carboxylic acids is 3. The zero-order valence-electron chi connectivity index (χ0n) is 30.5. The summed E-state index contributed by atoms with van der Waals surface area (Å²) >= 11 is 0. The second-order valence-electron chi connectivity index (χ2n) is 14.2. The minimum atomic E-state index is -0.600. The maximum Gasteiger partial charge on any atom is 0.407 e. The number of hydrogen-bond acceptors (Lipinski definition) is 8. The molecule has 2 aliphatic rings. The predicted molar refractivity (Wildman–Crippen MR) is 204 cm³/mol. The van der Waals surface area contributed by atoms with E-state index in [0.29, 0.717) is 19.6 Å². The smallest absolute Gasteiger partial charge is 0.407 e. The van der Waals surface area contributed by atoms with Crippen LogP contribution in [0.25, 0.3) is 44.5 Å². The largest absolute Gasteiger partial charge is 0.453 e. The lowest BCUT2D eigenvalue weighted by Crippen LogP contribution is -2.52. The molecule has 13 heteroatoms. The van der Waals surface area contributed by atoms with Crippen LogP contribution in [-0.4, -0.2) is 87.6 Å². The van der Waals surface area contributed by atoms with Crippen molar-refractivity contribution < 1.29 is 19.1 Å². The van der Waals surface area contributed by atoms with Crippen LogP contribution in [-0.2, 0) is 20.7 Å². The van der Waals surface area contributed by atoms with Crippen LogP contribution in [0.5, 0.6) is 0 Å². The van der Waals surface area contributed by atoms with Crippen LogP contribution in [0.4, 0.5) is 4.79 Å². The van der Waals surface area contributed by atoms with Crippen molar-refractivity contribution in [3.8, 4) is 22.5 Å². The summed E-state index contributed by atoms with van der Waals surface area (Å²) in [6.45, 7) is 1.62. The molecule has 5 N–H and O–H groups in total. The van der Waals surface area contributed by atoms with Gasteiger partial charge in [-0.2, -0.15) is 0 Å². The molecule has 2 fully saturated rings. The van der Waals surface area contributed by atoms with Crippen molar-refractivity contribution >= 4 is 39.8 Å². The second kappa shape index (κ2) is 16.6. The number of carbonyl (C=O) groups is 3. The quantitative estimate of drug-likeness (QED) is 0.0952. The zero-order chi connectivity index (χ0) is 36.7. The number of likely N-dealkylation sites (N-methyl/N-ethyl adjacent to an activating group) is 1. The SMILES string of the molecule is CNCC(=O)NCCCCc1ncc(-c2ccc3nc(-c4ccc5nc(C6CCCN6C(=O)C(NC(=O)OC)C6CCCCC6)[nH]c5c4)ccc3c2)[nH]1. The molecule has 0 radical (unpaired) electrons. The van der Waals surface area contributed by atoms with Gasteiger partial charge in [0.15, 0.2) is 0 Å². The standard InChI is InChI=1S/C40H49N9O4/c1-41-24-36(50)42-19-7-6-12-35-43-23-33(45-35)27-14-17-29-26(21-27)13-16-30(44-29)28-15-18-31-32(22-28)47-38(46-31)34-11-8-20-49(34)39(51)37(48-40(52)53-2)25-9-4-3-5-10-25/h13-18,21-23,25,34,37,41H,3-12,19-20,24H2,1-2H3,(H,42,50)(H,43,45)(H,46,47)(H,48,52). The van der Waals surface area contributed by atoms with E-state index >= 15 is 0 Å². The number of aromatic amines is 2. The minimum absolute atomic E-state index is 0.0107. The summed E-state index contributed by atoms with van der Waals surface area (Å²) in [6, 6.07) is 15.7. The van der Waals surface area contributed by atoms with Crippen LogP contribution in [0.1, 0.15) is 75.5 Å². The van der Waals surface area contributed by atoms with Gasteiger partial charge in [-0.05, 0) is 81.8 Å². The molecule has 3 amide bonds. The first-order chi connectivity index (χ1) is 25.9. The summed E-state index contributed by atoms with van der Waals surface area (Å²) in [5, 5.41) is 9.66. The van der Waals surface area contributed by atoms with E-state index in [2.05, 4.69) is 55.2 Å². The van der Waals surface area contributed by atoms with Crippen molar-refractivity contribution in [1.29, 1.82) is 0 Å². The van der Waals surface area contributed by atoms with Crippen LogP contribution >= 0.6 is 0 Å². The molecule has 1 aliphatic carbocycles. The second-order valence-corrected chi connectivity index (χ2v) is 14.2. The molecule has 278 valence electrons. The number of aromatic nitrogens is 5. The number of nitrogens with one attached hydrogen (secondary N) is 5. The maximum absolute atomic E-state index is 14.0. The molecule has 0 spiro atoms. The number of ether oxygens (including phenoxy) is 1. The van der Waals surface area contributed by atoms with Crippen molar-refractivity contribution in [3.63, 3.8) is 0 Å². The third kappa shape index (κ3) is 8.35. The fourth-order valence-electron chi connectivity index (χ4n) is 7.83. The first kappa shape index (κ1) is 36.1. The van der Waals surface area contributed by atoms with Crippen LogP contribution in [0, 0.1) is 5.92 Å². The number of benzene rings is 2. The number of unbranched alkanes of at least 4 members (excludes halogenated alkanes) is 1. The number of imidazole rings is 2. The molecule has 1 saturated carbocycles. The number of aryl methyl sites for hydroxylation is 1. The Hall–Kier alpha value is -5.30. The van der Waals surface area contributed by atoms with E-state index in [9.17, 15) is 14.4 Å². The molecule has 13 nitrogen and oxygen atoms in total. The molecule has 3 aromatic heterocycles. The topological polar surface area (TPSA) is 170 Å². The van der Waals surface area contributed by atoms with Gasteiger partial charge in [0.1, 0.15) is 17.7 Å². The third-order valence-corrected chi connectivity index (χ3v) is 10.6. The van der Waals surface area contributed by atoms with Crippen molar-refractivity contribution in [2.75, 3.05) is 33.8 Å². The fraction of sp³-hybridized carbons (Fsp3) is 0.450. The summed E-state index contributed by atoms with van der Waals surface area (Å²) in [5.74, 6) is 1.75. The van der Waals surface area contributed by atoms with Crippen LogP contribution in [0.15, 0.2) is 54.7 Å². The van der Waals surface area contributed by atoms with E-state index in [1.807, 2.05) is 35.4 Å². The number of alkyl carbamates (subject to hydrolysis) is 1. The van der Waals surface area contributed by atoms with E-state index in [1.165, 1.54) is 7.11 Å². The van der Waals surface area contributed by atoms with Crippen LogP contribution < -0.4 is 16.0 Å². The third-order valence-electron chi connectivity index (χ3n) is 10.6. The summed E-state index contributed by atoms with van der Waals surface area (Å²) in [4.78, 5) is 61.3. The highest BCUT2D eigenvalue weighted by Crippen LogP contribution is 2.35. The number of rotatable bonds is 13. The van der Waals surface area contributed by atoms with E-state index in [-0.39, 0.29) is 23.8 Å². The van der Waals surface area contributed by atoms with Gasteiger partial charge in [-0.25, -0.2) is 19.7 Å². The van der Waals surface area contributed by atoms with Gasteiger partial charge in [0.25, 0.3) is 0 Å². The Morgan fingerprint density at radius 2 is 1.75 bits per heavy atom. The first-order valence-corrected chi connectivity index (χ1v) is 18.9. The Morgan fingerprint density at radius 1 is 0.925 bits per heavy atom. The normalized spacial score (nSPS) is 16.9. The number of methoxy groups -OCH3 is 1. The number of pyridine rings is 1. The molecule has 2 aromatic carbocycles. The van der Waals surface area contributed by atoms with Crippen molar-refractivity contribution in [2.45, 2.75) is 76.3 Å². The molecule has 2 atom stereocenters. The van der Waals surface area contributed by atoms with Gasteiger partial charge in [0, 0.05) is 36.0 Å². The lowest BCUT2D eigenvalue weighted by molar-refractivity contribution is -0.136. The van der Waals surface area contributed by atoms with Gasteiger partial charge in [-0.3, -0.25) is 9.59 Å². The predicted octanol–water partition coefficient (Wildman–Crippen LogP) is 5.79. The average molecular weight is 720 g/mol. The Kier molecular flexibility index (Phi) is 11.3. The molecule has 1 saturated heterocycles. The Labute approximate surface area is 309 Å². The summed E-state index contributed by atoms with van der Waals surface area (Å²) in [6.07, 6.45) is 10.8. The van der Waals surface area contributed by atoms with Crippen molar-refractivity contribution in [2.24, 2.45) is 5.92 Å². The molecule has 2 unspecified atom stereocenters. The minimum Gasteiger partial charge on any atom is -0.453 e. The average Bonchev–Trinajstić information content (AvgIpc) is 3.96. The first-order valence-electron chi connectivity index (χ1n) is 18.9. The summed E-state index contributed by atoms with van der Waals surface area (Å²) < 4.78 is 4.90. The lowest BCUT2D eigenvalue weighted by atomic mass is 9.83. The number of fused-ring (bicyclic) bond motifs is 2. The molecule has 7 rings (SSSR count). The van der Waals surface area contributed by atoms with E-state index in [0.717, 1.165) is 120 Å². The number of likely N-dealkylation sites (tertiary alicyclic amines) is 1. The van der Waals surface area contributed by atoms with Crippen molar-refractivity contribution in [3.05, 3.63) is 66.4 Å². The Bertz CT molecular complexity index is 2070. The molecule has 1 aliphatic heterocycles. The highest BCUT2D eigenvalue weighted by molar-refractivity contribution is 5.88. The highest BCUT2D eigenvalue weighted by Gasteiger charge is 2.40. The zero-order valence-corrected chi connectivity index (χ0v) is 30.5. The molecule has 5 aromatic rings. The molecular weight excluding hydrogens is 670 g/mol. The molecular formula is C40H49N9O4. The molecule has 0 bridgehead atoms. The van der Waals surface area contributed by atoms with Gasteiger partial charge in [0.2, 0.25) is 11.8 Å². The van der Waals surface area contributed by atoms with Gasteiger partial charge < -0.3 is 35.6 Å². The Morgan fingerprint density at radius 3 is 2.58 bits per heavy atom. The van der Waals surface area contributed by atoms with Gasteiger partial charge in [-0.15, -0.1) is 0 Å². The number of hydrogen-bond donors (Lipinski definition) is 5. The summed E-state index contributed by atoms with van der Waals surface area (Å²) in [7, 11) is 3.10. The fourth-order valence-corrected chi connectivity index (χ4v) is 7.83. The van der Waals surface area contributed by atoms with Crippen LogP contribution in [0.3, 0.4) is 0 Å². The van der Waals surface area contributed by atoms with E-state index in [1.54, 1.807) is 7.05 Å². The lowest BCUT2D eigenvalue weighted by Gasteiger charge is -2.34. The molecule has 4 heterocycles. The monoisotopic (exact) mass is 719 g/mol. The number of nitrogens with zero attached hydrogens (tertiary/aromatic N) is 4. The number of H-pyrrole nitrogens is 2.